The molecule has 2 nitrogen and oxygen atoms in total. The molecule has 1 fully saturated rings. The largest absolute Gasteiger partial charge is 0.393 e. The fraction of sp³-hybridized carbons (Fsp3) is 1.00. The van der Waals surface area contributed by atoms with E-state index < -0.39 is 0 Å². The first-order valence-electron chi connectivity index (χ1n) is 4.10. The summed E-state index contributed by atoms with van der Waals surface area (Å²) in [5.41, 5.74) is 0. The molecule has 0 radical (unpaired) electrons. The number of hydrogen-bond donors (Lipinski definition) is 1. The Morgan fingerprint density at radius 2 is 2.30 bits per heavy atom. The second-order valence-corrected chi connectivity index (χ2v) is 3.29. The Balaban J connectivity index is 2.38. The Bertz CT molecular complexity index is 105. The van der Waals surface area contributed by atoms with Crippen LogP contribution in [0, 0.1) is 5.92 Å². The average Bonchev–Trinajstić information content (AvgIpc) is 1.94. The lowest BCUT2D eigenvalue weighted by molar-refractivity contribution is 0.0348. The molecule has 0 saturated carbocycles. The number of hydrogen-bond acceptors (Lipinski definition) is 2. The van der Waals surface area contributed by atoms with Crippen molar-refractivity contribution in [1.29, 1.82) is 0 Å². The summed E-state index contributed by atoms with van der Waals surface area (Å²) >= 11 is 0. The van der Waals surface area contributed by atoms with Gasteiger partial charge in [0.15, 0.2) is 0 Å². The minimum Gasteiger partial charge on any atom is -0.393 e. The van der Waals surface area contributed by atoms with Gasteiger partial charge in [0.25, 0.3) is 0 Å². The van der Waals surface area contributed by atoms with E-state index in [0.717, 1.165) is 25.9 Å². The molecule has 2 atom stereocenters. The van der Waals surface area contributed by atoms with Crippen LogP contribution in [-0.4, -0.2) is 36.2 Å². The molecule has 0 bridgehead atoms. The highest BCUT2D eigenvalue weighted by Gasteiger charge is 2.23. The number of rotatable bonds is 1. The highest BCUT2D eigenvalue weighted by Crippen LogP contribution is 2.18. The van der Waals surface area contributed by atoms with Crippen LogP contribution < -0.4 is 0 Å². The first-order valence-corrected chi connectivity index (χ1v) is 4.10. The van der Waals surface area contributed by atoms with Gasteiger partial charge >= 0.3 is 0 Å². The molecular weight excluding hydrogens is 126 g/mol. The van der Waals surface area contributed by atoms with Crippen LogP contribution in [0.4, 0.5) is 0 Å². The van der Waals surface area contributed by atoms with Crippen molar-refractivity contribution in [1.82, 2.24) is 4.90 Å². The average molecular weight is 143 g/mol. The highest BCUT2D eigenvalue weighted by atomic mass is 16.3. The number of nitrogens with zero attached hydrogens (tertiary/aromatic N) is 1. The van der Waals surface area contributed by atoms with Crippen molar-refractivity contribution in [2.24, 2.45) is 5.92 Å². The van der Waals surface area contributed by atoms with Gasteiger partial charge in [-0.05, 0) is 25.8 Å². The van der Waals surface area contributed by atoms with Gasteiger partial charge < -0.3 is 10.0 Å². The zero-order chi connectivity index (χ0) is 7.56. The summed E-state index contributed by atoms with van der Waals surface area (Å²) in [5.74, 6) is 0.513. The maximum Gasteiger partial charge on any atom is 0.0592 e. The van der Waals surface area contributed by atoms with E-state index in [9.17, 15) is 5.11 Å². The summed E-state index contributed by atoms with van der Waals surface area (Å²) in [6.45, 7) is 4.27. The van der Waals surface area contributed by atoms with E-state index in [-0.39, 0.29) is 6.10 Å². The van der Waals surface area contributed by atoms with E-state index in [4.69, 9.17) is 0 Å². The van der Waals surface area contributed by atoms with Crippen LogP contribution >= 0.6 is 0 Å². The van der Waals surface area contributed by atoms with Crippen LogP contribution in [0.2, 0.25) is 0 Å². The molecule has 10 heavy (non-hydrogen) atoms. The van der Waals surface area contributed by atoms with E-state index in [1.54, 1.807) is 0 Å². The summed E-state index contributed by atoms with van der Waals surface area (Å²) < 4.78 is 0. The SMILES string of the molecule is CC[C@@H]1CN(C)CC[C@H]1O. The van der Waals surface area contributed by atoms with Gasteiger partial charge in [-0.2, -0.15) is 0 Å². The number of piperidine rings is 1. The first-order chi connectivity index (χ1) is 4.74. The summed E-state index contributed by atoms with van der Waals surface area (Å²) in [7, 11) is 2.12. The van der Waals surface area contributed by atoms with Crippen LogP contribution in [0.5, 0.6) is 0 Å². The van der Waals surface area contributed by atoms with Gasteiger partial charge in [-0.25, -0.2) is 0 Å². The van der Waals surface area contributed by atoms with Crippen molar-refractivity contribution < 1.29 is 5.11 Å². The summed E-state index contributed by atoms with van der Waals surface area (Å²) in [5, 5.41) is 9.46. The van der Waals surface area contributed by atoms with Crippen molar-refractivity contribution in [3.8, 4) is 0 Å². The van der Waals surface area contributed by atoms with Gasteiger partial charge in [-0.1, -0.05) is 6.92 Å². The molecule has 60 valence electrons. The van der Waals surface area contributed by atoms with E-state index in [1.165, 1.54) is 0 Å². The van der Waals surface area contributed by atoms with E-state index in [0.29, 0.717) is 5.92 Å². The number of likely N-dealkylation sites (tertiary alicyclic amines) is 1. The van der Waals surface area contributed by atoms with E-state index in [1.807, 2.05) is 0 Å². The topological polar surface area (TPSA) is 23.5 Å². The molecule has 1 aliphatic heterocycles. The quantitative estimate of drug-likeness (QED) is 0.584. The summed E-state index contributed by atoms with van der Waals surface area (Å²) in [6.07, 6.45) is 2.02. The third kappa shape index (κ3) is 1.70. The molecule has 0 aromatic carbocycles. The maximum atomic E-state index is 9.46. The van der Waals surface area contributed by atoms with Crippen LogP contribution in [0.25, 0.3) is 0 Å². The molecule has 0 unspecified atom stereocenters. The van der Waals surface area contributed by atoms with Gasteiger partial charge in [0, 0.05) is 13.1 Å². The molecule has 2 heteroatoms. The normalized spacial score (nSPS) is 36.3. The van der Waals surface area contributed by atoms with Gasteiger partial charge in [0.1, 0.15) is 0 Å². The minimum atomic E-state index is -0.0406. The lowest BCUT2D eigenvalue weighted by Crippen LogP contribution is -2.40. The second-order valence-electron chi connectivity index (χ2n) is 3.29. The van der Waals surface area contributed by atoms with Gasteiger partial charge in [0.2, 0.25) is 0 Å². The predicted octanol–water partition coefficient (Wildman–Crippen LogP) is 0.709. The molecule has 1 N–H and O–H groups in total. The number of aliphatic hydroxyl groups is 1. The summed E-state index contributed by atoms with van der Waals surface area (Å²) in [4.78, 5) is 2.29. The van der Waals surface area contributed by atoms with Crippen LogP contribution in [0.3, 0.4) is 0 Å². The van der Waals surface area contributed by atoms with Gasteiger partial charge in [0.05, 0.1) is 6.10 Å². The monoisotopic (exact) mass is 143 g/mol. The van der Waals surface area contributed by atoms with Crippen LogP contribution in [0.1, 0.15) is 19.8 Å². The Labute approximate surface area is 62.8 Å². The Morgan fingerprint density at radius 1 is 1.60 bits per heavy atom. The van der Waals surface area contributed by atoms with Crippen LogP contribution in [0.15, 0.2) is 0 Å². The van der Waals surface area contributed by atoms with Crippen molar-refractivity contribution >= 4 is 0 Å². The molecule has 0 aromatic rings. The fourth-order valence-corrected chi connectivity index (χ4v) is 1.60. The van der Waals surface area contributed by atoms with Crippen molar-refractivity contribution in [2.45, 2.75) is 25.9 Å². The smallest absolute Gasteiger partial charge is 0.0592 e. The second kappa shape index (κ2) is 3.35. The Morgan fingerprint density at radius 3 is 2.80 bits per heavy atom. The van der Waals surface area contributed by atoms with Crippen molar-refractivity contribution in [3.63, 3.8) is 0 Å². The molecule has 1 rings (SSSR count). The van der Waals surface area contributed by atoms with Gasteiger partial charge in [-0.15, -0.1) is 0 Å². The molecular formula is C8H17NO. The molecule has 0 spiro atoms. The molecule has 0 amide bonds. The Kier molecular flexibility index (Phi) is 2.69. The third-order valence-electron chi connectivity index (χ3n) is 2.42. The van der Waals surface area contributed by atoms with Crippen molar-refractivity contribution in [2.75, 3.05) is 20.1 Å². The maximum absolute atomic E-state index is 9.46. The Hall–Kier alpha value is -0.0800. The zero-order valence-corrected chi connectivity index (χ0v) is 6.88. The molecule has 1 saturated heterocycles. The molecule has 1 aliphatic rings. The molecule has 0 aliphatic carbocycles. The first kappa shape index (κ1) is 8.02. The fourth-order valence-electron chi connectivity index (χ4n) is 1.60. The molecule has 1 heterocycles. The van der Waals surface area contributed by atoms with Crippen molar-refractivity contribution in [3.05, 3.63) is 0 Å². The van der Waals surface area contributed by atoms with E-state index in [2.05, 4.69) is 18.9 Å². The third-order valence-corrected chi connectivity index (χ3v) is 2.42. The summed E-state index contributed by atoms with van der Waals surface area (Å²) in [6, 6.07) is 0. The minimum absolute atomic E-state index is 0.0406. The van der Waals surface area contributed by atoms with E-state index >= 15 is 0 Å². The van der Waals surface area contributed by atoms with Crippen LogP contribution in [-0.2, 0) is 0 Å². The molecule has 0 aromatic heterocycles. The number of aliphatic hydroxyl groups excluding tert-OH is 1. The lowest BCUT2D eigenvalue weighted by Gasteiger charge is -2.33. The highest BCUT2D eigenvalue weighted by molar-refractivity contribution is 4.76. The lowest BCUT2D eigenvalue weighted by atomic mass is 9.93. The predicted molar refractivity (Wildman–Crippen MR) is 41.9 cm³/mol. The standard InChI is InChI=1S/C8H17NO/c1-3-7-6-9(2)5-4-8(7)10/h7-8,10H,3-6H2,1-2H3/t7-,8-/m1/s1. The van der Waals surface area contributed by atoms with Gasteiger partial charge in [-0.3, -0.25) is 0 Å². The zero-order valence-electron chi connectivity index (χ0n) is 6.88.